The summed E-state index contributed by atoms with van der Waals surface area (Å²) in [4.78, 5) is 9.91. The molecule has 0 amide bonds. The first kappa shape index (κ1) is 15.2. The molecule has 2 aliphatic heterocycles. The van der Waals surface area contributed by atoms with Crippen LogP contribution in [-0.2, 0) is 13.0 Å². The van der Waals surface area contributed by atoms with Crippen LogP contribution < -0.4 is 0 Å². The molecule has 130 valence electrons. The summed E-state index contributed by atoms with van der Waals surface area (Å²) in [6, 6.07) is 7.27. The molecule has 1 aromatic carbocycles. The van der Waals surface area contributed by atoms with Gasteiger partial charge in [-0.05, 0) is 44.0 Å². The second kappa shape index (κ2) is 5.71. The molecule has 2 aliphatic rings. The minimum atomic E-state index is -0.613. The van der Waals surface area contributed by atoms with Crippen LogP contribution in [0.1, 0.15) is 47.6 Å². The van der Waals surface area contributed by atoms with E-state index in [2.05, 4.69) is 44.6 Å². The SMILES string of the molecule is Cc1ccc2c(c1)c1c(n2CC(O)c2ncc[nH]2)CCN2CCCC12. The highest BCUT2D eigenvalue weighted by atomic mass is 16.3. The van der Waals surface area contributed by atoms with E-state index in [-0.39, 0.29) is 0 Å². The van der Waals surface area contributed by atoms with Gasteiger partial charge in [0.2, 0.25) is 0 Å². The molecular formula is C20H24N4O. The number of hydrogen-bond acceptors (Lipinski definition) is 3. The van der Waals surface area contributed by atoms with E-state index in [4.69, 9.17) is 0 Å². The first-order chi connectivity index (χ1) is 12.2. The zero-order valence-corrected chi connectivity index (χ0v) is 14.6. The molecule has 2 unspecified atom stereocenters. The topological polar surface area (TPSA) is 57.1 Å². The van der Waals surface area contributed by atoms with Gasteiger partial charge in [-0.1, -0.05) is 11.6 Å². The Labute approximate surface area is 147 Å². The molecule has 0 radical (unpaired) electrons. The number of hydrogen-bond donors (Lipinski definition) is 2. The maximum Gasteiger partial charge on any atom is 0.136 e. The largest absolute Gasteiger partial charge is 0.383 e. The normalized spacial score (nSPS) is 21.4. The van der Waals surface area contributed by atoms with Crippen molar-refractivity contribution in [1.82, 2.24) is 19.4 Å². The number of aromatic nitrogens is 3. The number of nitrogens with zero attached hydrogens (tertiary/aromatic N) is 3. The van der Waals surface area contributed by atoms with Gasteiger partial charge in [-0.25, -0.2) is 4.98 Å². The number of aromatic amines is 1. The number of benzene rings is 1. The van der Waals surface area contributed by atoms with Gasteiger partial charge in [0.25, 0.3) is 0 Å². The Balaban J connectivity index is 1.66. The van der Waals surface area contributed by atoms with Crippen LogP contribution in [0.15, 0.2) is 30.6 Å². The predicted octanol–water partition coefficient (Wildman–Crippen LogP) is 3.10. The molecule has 0 saturated carbocycles. The molecule has 2 N–H and O–H groups in total. The average Bonchev–Trinajstić information content (AvgIpc) is 3.33. The summed E-state index contributed by atoms with van der Waals surface area (Å²) in [5.74, 6) is 0.640. The van der Waals surface area contributed by atoms with E-state index >= 15 is 0 Å². The molecule has 2 atom stereocenters. The van der Waals surface area contributed by atoms with Gasteiger partial charge in [-0.15, -0.1) is 0 Å². The van der Waals surface area contributed by atoms with Crippen LogP contribution in [-0.4, -0.2) is 37.6 Å². The Bertz CT molecular complexity index is 912. The molecule has 5 rings (SSSR count). The Kier molecular flexibility index (Phi) is 3.47. The molecule has 1 saturated heterocycles. The van der Waals surface area contributed by atoms with Crippen LogP contribution >= 0.6 is 0 Å². The Morgan fingerprint density at radius 2 is 2.28 bits per heavy atom. The fourth-order valence-corrected chi connectivity index (χ4v) is 4.79. The van der Waals surface area contributed by atoms with Crippen molar-refractivity contribution >= 4 is 10.9 Å². The molecule has 3 aromatic rings. The van der Waals surface area contributed by atoms with Crippen molar-refractivity contribution in [1.29, 1.82) is 0 Å². The van der Waals surface area contributed by atoms with Crippen LogP contribution in [0.25, 0.3) is 10.9 Å². The predicted molar refractivity (Wildman–Crippen MR) is 97.5 cm³/mol. The molecule has 2 aromatic heterocycles. The van der Waals surface area contributed by atoms with E-state index in [0.29, 0.717) is 18.4 Å². The lowest BCUT2D eigenvalue weighted by atomic mass is 9.95. The third kappa shape index (κ3) is 2.34. The number of nitrogens with one attached hydrogen (secondary N) is 1. The quantitative estimate of drug-likeness (QED) is 0.773. The molecule has 0 aliphatic carbocycles. The maximum atomic E-state index is 10.7. The Hall–Kier alpha value is -2.11. The molecular weight excluding hydrogens is 312 g/mol. The van der Waals surface area contributed by atoms with E-state index < -0.39 is 6.10 Å². The van der Waals surface area contributed by atoms with Gasteiger partial charge in [0.15, 0.2) is 0 Å². The van der Waals surface area contributed by atoms with Gasteiger partial charge in [0, 0.05) is 48.0 Å². The van der Waals surface area contributed by atoms with Gasteiger partial charge in [-0.2, -0.15) is 0 Å². The van der Waals surface area contributed by atoms with E-state index in [1.807, 2.05) is 0 Å². The second-order valence-corrected chi connectivity index (χ2v) is 7.43. The van der Waals surface area contributed by atoms with E-state index in [9.17, 15) is 5.11 Å². The number of aliphatic hydroxyl groups is 1. The highest BCUT2D eigenvalue weighted by Crippen LogP contribution is 2.43. The second-order valence-electron chi connectivity index (χ2n) is 7.43. The van der Waals surface area contributed by atoms with Crippen molar-refractivity contribution in [3.63, 3.8) is 0 Å². The maximum absolute atomic E-state index is 10.7. The summed E-state index contributed by atoms with van der Waals surface area (Å²) in [6.45, 7) is 5.06. The highest BCUT2D eigenvalue weighted by molar-refractivity contribution is 5.87. The smallest absolute Gasteiger partial charge is 0.136 e. The number of aryl methyl sites for hydroxylation is 1. The first-order valence-electron chi connectivity index (χ1n) is 9.25. The Morgan fingerprint density at radius 3 is 3.12 bits per heavy atom. The van der Waals surface area contributed by atoms with Gasteiger partial charge in [0.05, 0.1) is 6.54 Å². The van der Waals surface area contributed by atoms with Gasteiger partial charge < -0.3 is 14.7 Å². The molecule has 0 spiro atoms. The van der Waals surface area contributed by atoms with Crippen LogP contribution in [0.3, 0.4) is 0 Å². The fourth-order valence-electron chi connectivity index (χ4n) is 4.79. The third-order valence-corrected chi connectivity index (χ3v) is 5.89. The van der Waals surface area contributed by atoms with E-state index in [0.717, 1.165) is 13.0 Å². The van der Waals surface area contributed by atoms with Gasteiger partial charge in [-0.3, -0.25) is 4.90 Å². The van der Waals surface area contributed by atoms with Gasteiger partial charge >= 0.3 is 0 Å². The van der Waals surface area contributed by atoms with Crippen LogP contribution in [0.5, 0.6) is 0 Å². The molecule has 4 heterocycles. The first-order valence-corrected chi connectivity index (χ1v) is 9.25. The van der Waals surface area contributed by atoms with Crippen molar-refractivity contribution in [3.05, 3.63) is 53.2 Å². The molecule has 0 bridgehead atoms. The zero-order chi connectivity index (χ0) is 17.0. The van der Waals surface area contributed by atoms with Gasteiger partial charge in [0.1, 0.15) is 11.9 Å². The van der Waals surface area contributed by atoms with E-state index in [1.165, 1.54) is 47.1 Å². The van der Waals surface area contributed by atoms with Crippen molar-refractivity contribution in [2.45, 2.75) is 44.9 Å². The summed E-state index contributed by atoms with van der Waals surface area (Å²) in [7, 11) is 0. The number of rotatable bonds is 3. The number of imidazole rings is 1. The minimum absolute atomic E-state index is 0.551. The number of H-pyrrole nitrogens is 1. The summed E-state index contributed by atoms with van der Waals surface area (Å²) < 4.78 is 2.34. The summed E-state index contributed by atoms with van der Waals surface area (Å²) in [5.41, 5.74) is 5.47. The zero-order valence-electron chi connectivity index (χ0n) is 14.6. The fraction of sp³-hybridized carbons (Fsp3) is 0.450. The molecule has 5 heteroatoms. The summed E-state index contributed by atoms with van der Waals surface area (Å²) in [5, 5.41) is 12.0. The highest BCUT2D eigenvalue weighted by Gasteiger charge is 2.35. The number of aliphatic hydroxyl groups excluding tert-OH is 1. The van der Waals surface area contributed by atoms with Crippen molar-refractivity contribution in [2.75, 3.05) is 13.1 Å². The van der Waals surface area contributed by atoms with Crippen LogP contribution in [0, 0.1) is 6.92 Å². The van der Waals surface area contributed by atoms with Crippen molar-refractivity contribution in [2.24, 2.45) is 0 Å². The van der Waals surface area contributed by atoms with E-state index in [1.54, 1.807) is 12.4 Å². The Morgan fingerprint density at radius 1 is 1.36 bits per heavy atom. The standard InChI is InChI=1S/C20H24N4O/c1-13-4-5-15-14(11-13)19-16-3-2-9-23(16)10-6-17(19)24(15)12-18(25)20-21-7-8-22-20/h4-5,7-8,11,16,18,25H,2-3,6,9-10,12H2,1H3,(H,21,22). The van der Waals surface area contributed by atoms with Crippen LogP contribution in [0.4, 0.5) is 0 Å². The minimum Gasteiger partial charge on any atom is -0.383 e. The average molecular weight is 336 g/mol. The lowest BCUT2D eigenvalue weighted by Crippen LogP contribution is -2.31. The van der Waals surface area contributed by atoms with Crippen LogP contribution in [0.2, 0.25) is 0 Å². The lowest BCUT2D eigenvalue weighted by Gasteiger charge is -2.31. The summed E-state index contributed by atoms with van der Waals surface area (Å²) in [6.07, 6.45) is 6.45. The molecule has 5 nitrogen and oxygen atoms in total. The summed E-state index contributed by atoms with van der Waals surface area (Å²) >= 11 is 0. The number of fused-ring (bicyclic) bond motifs is 5. The van der Waals surface area contributed by atoms with Crippen molar-refractivity contribution < 1.29 is 5.11 Å². The molecule has 25 heavy (non-hydrogen) atoms. The molecule has 1 fully saturated rings. The monoisotopic (exact) mass is 336 g/mol. The third-order valence-electron chi connectivity index (χ3n) is 5.89. The lowest BCUT2D eigenvalue weighted by molar-refractivity contribution is 0.147. The van der Waals surface area contributed by atoms with Crippen molar-refractivity contribution in [3.8, 4) is 0 Å².